The molecule has 1 aromatic rings. The van der Waals surface area contributed by atoms with E-state index in [9.17, 15) is 4.79 Å². The summed E-state index contributed by atoms with van der Waals surface area (Å²) in [6.45, 7) is 8.63. The molecule has 0 spiro atoms. The van der Waals surface area contributed by atoms with E-state index >= 15 is 0 Å². The summed E-state index contributed by atoms with van der Waals surface area (Å²) in [6, 6.07) is 8.38. The molecule has 0 aliphatic heterocycles. The van der Waals surface area contributed by atoms with Gasteiger partial charge in [0.15, 0.2) is 0 Å². The first-order chi connectivity index (χ1) is 8.34. The van der Waals surface area contributed by atoms with Crippen molar-refractivity contribution in [3.8, 4) is 0 Å². The predicted molar refractivity (Wildman–Crippen MR) is 73.6 cm³/mol. The van der Waals surface area contributed by atoms with Crippen LogP contribution in [0.25, 0.3) is 0 Å². The van der Waals surface area contributed by atoms with Crippen molar-refractivity contribution in [3.63, 3.8) is 0 Å². The molecule has 1 rings (SSSR count). The minimum absolute atomic E-state index is 0.00154. The van der Waals surface area contributed by atoms with Crippen LogP contribution in [0.1, 0.15) is 44.9 Å². The highest BCUT2D eigenvalue weighted by molar-refractivity contribution is 5.77. The van der Waals surface area contributed by atoms with Gasteiger partial charge in [0, 0.05) is 7.11 Å². The topological polar surface area (TPSA) is 38.3 Å². The minimum atomic E-state index is -0.0927. The quantitative estimate of drug-likeness (QED) is 0.891. The molecule has 0 unspecified atom stereocenters. The molecule has 18 heavy (non-hydrogen) atoms. The molecule has 100 valence electrons. The number of methoxy groups -OCH3 is 1. The third kappa shape index (κ3) is 4.15. The van der Waals surface area contributed by atoms with Gasteiger partial charge < -0.3 is 10.1 Å². The number of nitrogens with one attached hydrogen (secondary N) is 1. The zero-order chi connectivity index (χ0) is 13.8. The van der Waals surface area contributed by atoms with E-state index in [0.717, 1.165) is 5.56 Å². The van der Waals surface area contributed by atoms with Gasteiger partial charge in [0.1, 0.15) is 6.61 Å². The molecular formula is C15H23NO2. The Bertz CT molecular complexity index is 390. The van der Waals surface area contributed by atoms with Crippen LogP contribution in [0.3, 0.4) is 0 Å². The van der Waals surface area contributed by atoms with E-state index in [-0.39, 0.29) is 24.0 Å². The van der Waals surface area contributed by atoms with Crippen LogP contribution in [0.5, 0.6) is 0 Å². The monoisotopic (exact) mass is 249 g/mol. The summed E-state index contributed by atoms with van der Waals surface area (Å²) >= 11 is 0. The maximum absolute atomic E-state index is 11.4. The highest BCUT2D eigenvalue weighted by Crippen LogP contribution is 2.23. The van der Waals surface area contributed by atoms with Crippen molar-refractivity contribution in [2.75, 3.05) is 13.7 Å². The van der Waals surface area contributed by atoms with Crippen LogP contribution in [0.2, 0.25) is 0 Å². The highest BCUT2D eigenvalue weighted by Gasteiger charge is 2.14. The molecule has 0 saturated heterocycles. The average molecular weight is 249 g/mol. The van der Waals surface area contributed by atoms with Crippen molar-refractivity contribution < 1.29 is 9.53 Å². The molecule has 1 amide bonds. The van der Waals surface area contributed by atoms with Gasteiger partial charge >= 0.3 is 0 Å². The summed E-state index contributed by atoms with van der Waals surface area (Å²) in [7, 11) is 1.52. The Morgan fingerprint density at radius 1 is 1.28 bits per heavy atom. The fourth-order valence-corrected chi connectivity index (χ4v) is 1.77. The third-order valence-electron chi connectivity index (χ3n) is 2.93. The Morgan fingerprint density at radius 2 is 1.83 bits per heavy atom. The maximum Gasteiger partial charge on any atom is 0.246 e. The third-order valence-corrected chi connectivity index (χ3v) is 2.93. The summed E-state index contributed by atoms with van der Waals surface area (Å²) in [6.07, 6.45) is 0. The van der Waals surface area contributed by atoms with E-state index in [1.54, 1.807) is 0 Å². The molecule has 0 heterocycles. The van der Waals surface area contributed by atoms with Crippen LogP contribution < -0.4 is 5.32 Å². The molecule has 0 radical (unpaired) electrons. The number of ether oxygens (including phenoxy) is 1. The molecule has 3 nitrogen and oxygen atoms in total. The van der Waals surface area contributed by atoms with Crippen molar-refractivity contribution >= 4 is 5.91 Å². The number of amides is 1. The normalized spacial score (nSPS) is 13.2. The first-order valence-corrected chi connectivity index (χ1v) is 6.23. The van der Waals surface area contributed by atoms with Gasteiger partial charge in [0.25, 0.3) is 0 Å². The summed E-state index contributed by atoms with van der Waals surface area (Å²) in [5.41, 5.74) is 2.55. The van der Waals surface area contributed by atoms with Gasteiger partial charge in [0.2, 0.25) is 5.91 Å². The van der Waals surface area contributed by atoms with Gasteiger partial charge in [-0.15, -0.1) is 0 Å². The van der Waals surface area contributed by atoms with Crippen molar-refractivity contribution in [1.82, 2.24) is 5.32 Å². The van der Waals surface area contributed by atoms with E-state index < -0.39 is 0 Å². The molecule has 0 saturated carbocycles. The lowest BCUT2D eigenvalue weighted by Gasteiger charge is -2.20. The van der Waals surface area contributed by atoms with Crippen LogP contribution in [-0.4, -0.2) is 19.6 Å². The lowest BCUT2D eigenvalue weighted by atomic mass is 9.86. The molecule has 1 aromatic carbocycles. The SMILES string of the molecule is COCC(=O)N[C@H](C)c1ccc(C(C)(C)C)cc1. The summed E-state index contributed by atoms with van der Waals surface area (Å²) < 4.78 is 4.79. The smallest absolute Gasteiger partial charge is 0.246 e. The van der Waals surface area contributed by atoms with Crippen molar-refractivity contribution in [1.29, 1.82) is 0 Å². The number of hydrogen-bond donors (Lipinski definition) is 1. The fourth-order valence-electron chi connectivity index (χ4n) is 1.77. The van der Waals surface area contributed by atoms with Crippen LogP contribution >= 0.6 is 0 Å². The summed E-state index contributed by atoms with van der Waals surface area (Å²) in [5.74, 6) is -0.0927. The van der Waals surface area contributed by atoms with Gasteiger partial charge in [-0.1, -0.05) is 45.0 Å². The first-order valence-electron chi connectivity index (χ1n) is 6.23. The van der Waals surface area contributed by atoms with Crippen molar-refractivity contribution in [2.45, 2.75) is 39.2 Å². The van der Waals surface area contributed by atoms with Gasteiger partial charge in [-0.05, 0) is 23.5 Å². The molecule has 0 aromatic heterocycles. The Morgan fingerprint density at radius 3 is 2.28 bits per heavy atom. The van der Waals surface area contributed by atoms with E-state index in [1.807, 2.05) is 6.92 Å². The Balaban J connectivity index is 2.70. The summed E-state index contributed by atoms with van der Waals surface area (Å²) in [5, 5.41) is 2.89. The van der Waals surface area contributed by atoms with Gasteiger partial charge in [-0.2, -0.15) is 0 Å². The van der Waals surface area contributed by atoms with E-state index in [4.69, 9.17) is 4.74 Å². The van der Waals surface area contributed by atoms with Crippen molar-refractivity contribution in [3.05, 3.63) is 35.4 Å². The molecule has 0 fully saturated rings. The maximum atomic E-state index is 11.4. The van der Waals surface area contributed by atoms with Crippen molar-refractivity contribution in [2.24, 2.45) is 0 Å². The number of carbonyl (C=O) groups excluding carboxylic acids is 1. The zero-order valence-corrected chi connectivity index (χ0v) is 11.9. The Kier molecular flexibility index (Phi) is 4.91. The van der Waals surface area contributed by atoms with Crippen LogP contribution in [-0.2, 0) is 14.9 Å². The first kappa shape index (κ1) is 14.7. The number of rotatable bonds is 4. The second-order valence-electron chi connectivity index (χ2n) is 5.59. The number of carbonyl (C=O) groups is 1. The van der Waals surface area contributed by atoms with E-state index in [0.29, 0.717) is 0 Å². The second-order valence-corrected chi connectivity index (χ2v) is 5.59. The zero-order valence-electron chi connectivity index (χ0n) is 11.9. The molecule has 1 N–H and O–H groups in total. The lowest BCUT2D eigenvalue weighted by molar-refractivity contribution is -0.125. The van der Waals surface area contributed by atoms with Gasteiger partial charge in [-0.25, -0.2) is 0 Å². The van der Waals surface area contributed by atoms with Gasteiger partial charge in [-0.3, -0.25) is 4.79 Å². The molecule has 3 heteroatoms. The van der Waals surface area contributed by atoms with E-state index in [2.05, 4.69) is 50.4 Å². The van der Waals surface area contributed by atoms with Crippen LogP contribution in [0.4, 0.5) is 0 Å². The molecule has 1 atom stereocenters. The molecule has 0 aliphatic carbocycles. The Hall–Kier alpha value is -1.35. The standard InChI is InChI=1S/C15H23NO2/c1-11(16-14(17)10-18-5)12-6-8-13(9-7-12)15(2,3)4/h6-9,11H,10H2,1-5H3,(H,16,17)/t11-/m1/s1. The predicted octanol–water partition coefficient (Wildman–Crippen LogP) is 2.81. The molecular weight excluding hydrogens is 226 g/mol. The minimum Gasteiger partial charge on any atom is -0.375 e. The average Bonchev–Trinajstić information content (AvgIpc) is 2.28. The second kappa shape index (κ2) is 6.01. The van der Waals surface area contributed by atoms with Gasteiger partial charge in [0.05, 0.1) is 6.04 Å². The molecule has 0 bridgehead atoms. The highest BCUT2D eigenvalue weighted by atomic mass is 16.5. The number of hydrogen-bond acceptors (Lipinski definition) is 2. The van der Waals surface area contributed by atoms with E-state index in [1.165, 1.54) is 12.7 Å². The fraction of sp³-hybridized carbons (Fsp3) is 0.533. The molecule has 0 aliphatic rings. The largest absolute Gasteiger partial charge is 0.375 e. The summed E-state index contributed by atoms with van der Waals surface area (Å²) in [4.78, 5) is 11.4. The van der Waals surface area contributed by atoms with Crippen LogP contribution in [0.15, 0.2) is 24.3 Å². The number of benzene rings is 1. The van der Waals surface area contributed by atoms with Crippen LogP contribution in [0, 0.1) is 0 Å². The lowest BCUT2D eigenvalue weighted by Crippen LogP contribution is -2.29. The Labute approximate surface area is 110 Å².